The van der Waals surface area contributed by atoms with Crippen LogP contribution in [-0.2, 0) is 0 Å². The van der Waals surface area contributed by atoms with Gasteiger partial charge in [0.2, 0.25) is 5.36 Å². The normalized spacial score (nSPS) is 11.4. The van der Waals surface area contributed by atoms with Gasteiger partial charge >= 0.3 is 0 Å². The predicted octanol–water partition coefficient (Wildman–Crippen LogP) is 3.76. The first-order valence-corrected chi connectivity index (χ1v) is 8.06. The van der Waals surface area contributed by atoms with Crippen molar-refractivity contribution in [3.63, 3.8) is 0 Å². The lowest BCUT2D eigenvalue weighted by Gasteiger charge is -2.19. The van der Waals surface area contributed by atoms with Crippen LogP contribution in [0.2, 0.25) is 0 Å². The third-order valence-electron chi connectivity index (χ3n) is 4.34. The summed E-state index contributed by atoms with van der Waals surface area (Å²) in [4.78, 5) is 2.10. The molecule has 0 radical (unpaired) electrons. The minimum absolute atomic E-state index is 0.437. The second-order valence-corrected chi connectivity index (χ2v) is 6.82. The van der Waals surface area contributed by atoms with Gasteiger partial charge in [0.05, 0.1) is 6.07 Å². The number of hydrogen-bond acceptors (Lipinski definition) is 2. The van der Waals surface area contributed by atoms with Crippen LogP contribution in [0.3, 0.4) is 0 Å². The number of fused-ring (bicyclic) bond motifs is 2. The summed E-state index contributed by atoms with van der Waals surface area (Å²) >= 11 is 0. The minimum Gasteiger partial charge on any atom is -0.456 e. The summed E-state index contributed by atoms with van der Waals surface area (Å²) < 4.78 is 8.37. The van der Waals surface area contributed by atoms with Crippen molar-refractivity contribution in [1.29, 1.82) is 0 Å². The van der Waals surface area contributed by atoms with Gasteiger partial charge in [-0.3, -0.25) is 0 Å². The average molecular weight is 309 g/mol. The molecule has 0 fully saturated rings. The molecule has 0 saturated carbocycles. The molecule has 2 aliphatic rings. The van der Waals surface area contributed by atoms with Gasteiger partial charge in [0.1, 0.15) is 25.4 Å². The molecule has 3 rings (SSSR count). The molecule has 0 aromatic heterocycles. The van der Waals surface area contributed by atoms with Crippen molar-refractivity contribution in [3.05, 3.63) is 47.3 Å². The number of benzene rings is 2. The maximum Gasteiger partial charge on any atom is 0.203 e. The summed E-state index contributed by atoms with van der Waals surface area (Å²) in [5.74, 6) is 1.38. The molecule has 0 bridgehead atoms. The topological polar surface area (TPSA) is 19.4 Å². The molecule has 0 spiro atoms. The van der Waals surface area contributed by atoms with Crippen LogP contribution in [-0.4, -0.2) is 28.2 Å². The summed E-state index contributed by atoms with van der Waals surface area (Å²) in [5.41, 5.74) is 4.66. The second kappa shape index (κ2) is 5.73. The van der Waals surface area contributed by atoms with E-state index < -0.39 is 0 Å². The van der Waals surface area contributed by atoms with E-state index in [0.29, 0.717) is 5.92 Å². The highest BCUT2D eigenvalue weighted by atomic mass is 16.3. The van der Waals surface area contributed by atoms with Crippen LogP contribution in [0.4, 0.5) is 5.69 Å². The molecule has 0 atom stereocenters. The Balaban J connectivity index is 2.44. The molecule has 0 N–H and O–H groups in total. The van der Waals surface area contributed by atoms with E-state index in [1.165, 1.54) is 16.5 Å². The SMILES string of the molecule is CC(C)c1c2ccc(=[N+](C)C)cc-2oc2cc(N(C)C)ccc12. The van der Waals surface area contributed by atoms with Gasteiger partial charge in [-0.2, -0.15) is 0 Å². The summed E-state index contributed by atoms with van der Waals surface area (Å²) in [6.45, 7) is 4.49. The van der Waals surface area contributed by atoms with E-state index in [9.17, 15) is 0 Å². The molecular formula is C20H25N2O+. The maximum atomic E-state index is 6.27. The molecule has 1 heterocycles. The quantitative estimate of drug-likeness (QED) is 0.530. The Morgan fingerprint density at radius 2 is 1.74 bits per heavy atom. The van der Waals surface area contributed by atoms with Crippen molar-refractivity contribution < 1.29 is 4.42 Å². The van der Waals surface area contributed by atoms with Crippen molar-refractivity contribution in [2.75, 3.05) is 33.1 Å². The molecular weight excluding hydrogens is 284 g/mol. The zero-order chi connectivity index (χ0) is 16.7. The largest absolute Gasteiger partial charge is 0.456 e. The van der Waals surface area contributed by atoms with Gasteiger partial charge in [-0.05, 0) is 29.7 Å². The molecule has 1 aliphatic carbocycles. The molecule has 23 heavy (non-hydrogen) atoms. The Bertz CT molecular complexity index is 899. The fourth-order valence-corrected chi connectivity index (χ4v) is 3.08. The first-order chi connectivity index (χ1) is 10.9. The lowest BCUT2D eigenvalue weighted by atomic mass is 9.91. The molecule has 3 nitrogen and oxygen atoms in total. The number of rotatable bonds is 2. The lowest BCUT2D eigenvalue weighted by molar-refractivity contribution is 0.612. The van der Waals surface area contributed by atoms with Crippen LogP contribution < -0.4 is 14.8 Å². The predicted molar refractivity (Wildman–Crippen MR) is 98.4 cm³/mol. The summed E-state index contributed by atoms with van der Waals surface area (Å²) in [6.07, 6.45) is 0. The zero-order valence-electron chi connectivity index (χ0n) is 14.8. The molecule has 0 unspecified atom stereocenters. The number of nitrogens with zero attached hydrogens (tertiary/aromatic N) is 2. The van der Waals surface area contributed by atoms with Gasteiger partial charge in [0, 0.05) is 42.9 Å². The first kappa shape index (κ1) is 15.6. The highest BCUT2D eigenvalue weighted by Crippen LogP contribution is 2.38. The van der Waals surface area contributed by atoms with Gasteiger partial charge in [-0.1, -0.05) is 13.8 Å². The standard InChI is InChI=1S/C20H25N2O/c1-13(2)20-16-9-7-14(21(3)4)11-18(16)23-19-12-15(22(5)6)8-10-17(19)20/h7-13H,1-6H3/q+1. The molecule has 1 aromatic rings. The van der Waals surface area contributed by atoms with Crippen molar-refractivity contribution >= 4 is 16.7 Å². The van der Waals surface area contributed by atoms with E-state index in [0.717, 1.165) is 22.4 Å². The summed E-state index contributed by atoms with van der Waals surface area (Å²) in [6, 6.07) is 12.9. The average Bonchev–Trinajstić information content (AvgIpc) is 2.50. The number of hydrogen-bond donors (Lipinski definition) is 0. The smallest absolute Gasteiger partial charge is 0.203 e. The van der Waals surface area contributed by atoms with Gasteiger partial charge in [0.15, 0.2) is 0 Å². The van der Waals surface area contributed by atoms with Crippen LogP contribution in [0.1, 0.15) is 25.3 Å². The highest BCUT2D eigenvalue weighted by Gasteiger charge is 2.18. The molecule has 3 heteroatoms. The van der Waals surface area contributed by atoms with E-state index in [1.807, 2.05) is 0 Å². The van der Waals surface area contributed by atoms with Crippen LogP contribution in [0.25, 0.3) is 22.3 Å². The van der Waals surface area contributed by atoms with Gasteiger partial charge < -0.3 is 9.32 Å². The van der Waals surface area contributed by atoms with Crippen LogP contribution >= 0.6 is 0 Å². The fraction of sp³-hybridized carbons (Fsp3) is 0.350. The molecule has 0 amide bonds. The fourth-order valence-electron chi connectivity index (χ4n) is 3.08. The van der Waals surface area contributed by atoms with Crippen molar-refractivity contribution in [3.8, 4) is 11.3 Å². The Labute approximate surface area is 137 Å². The molecule has 0 saturated heterocycles. The lowest BCUT2D eigenvalue weighted by Crippen LogP contribution is -2.21. The van der Waals surface area contributed by atoms with Crippen molar-refractivity contribution in [2.45, 2.75) is 19.8 Å². The molecule has 120 valence electrons. The Morgan fingerprint density at radius 1 is 1.00 bits per heavy atom. The summed E-state index contributed by atoms with van der Waals surface area (Å²) in [5, 5.41) is 2.36. The Kier molecular flexibility index (Phi) is 3.88. The van der Waals surface area contributed by atoms with Crippen LogP contribution in [0.15, 0.2) is 40.8 Å². The van der Waals surface area contributed by atoms with Crippen molar-refractivity contribution in [1.82, 2.24) is 4.58 Å². The van der Waals surface area contributed by atoms with E-state index in [4.69, 9.17) is 4.42 Å². The van der Waals surface area contributed by atoms with Crippen LogP contribution in [0.5, 0.6) is 0 Å². The third kappa shape index (κ3) is 2.72. The zero-order valence-corrected chi connectivity index (χ0v) is 14.8. The Morgan fingerprint density at radius 3 is 2.35 bits per heavy atom. The van der Waals surface area contributed by atoms with Gasteiger partial charge in [0.25, 0.3) is 0 Å². The number of anilines is 1. The van der Waals surface area contributed by atoms with Crippen LogP contribution in [0, 0.1) is 0 Å². The summed E-state index contributed by atoms with van der Waals surface area (Å²) in [7, 11) is 8.21. The first-order valence-electron chi connectivity index (χ1n) is 8.06. The van der Waals surface area contributed by atoms with Crippen molar-refractivity contribution in [2.24, 2.45) is 0 Å². The second-order valence-electron chi connectivity index (χ2n) is 6.82. The molecule has 1 aliphatic heterocycles. The third-order valence-corrected chi connectivity index (χ3v) is 4.34. The van der Waals surface area contributed by atoms with Gasteiger partial charge in [-0.15, -0.1) is 0 Å². The van der Waals surface area contributed by atoms with E-state index >= 15 is 0 Å². The van der Waals surface area contributed by atoms with Gasteiger partial charge in [-0.25, -0.2) is 4.58 Å². The Hall–Kier alpha value is -2.29. The van der Waals surface area contributed by atoms with E-state index in [1.54, 1.807) is 0 Å². The molecule has 1 aromatic carbocycles. The monoisotopic (exact) mass is 309 g/mol. The van der Waals surface area contributed by atoms with E-state index in [2.05, 4.69) is 87.9 Å². The minimum atomic E-state index is 0.437. The van der Waals surface area contributed by atoms with E-state index in [-0.39, 0.29) is 0 Å². The maximum absolute atomic E-state index is 6.27. The highest BCUT2D eigenvalue weighted by molar-refractivity contribution is 5.90.